The lowest BCUT2D eigenvalue weighted by Crippen LogP contribution is -1.98. The van der Waals surface area contributed by atoms with E-state index >= 15 is 0 Å². The van der Waals surface area contributed by atoms with Crippen LogP contribution in [0.15, 0.2) is 48.7 Å². The van der Waals surface area contributed by atoms with Crippen LogP contribution in [0.25, 0.3) is 16.6 Å². The first-order chi connectivity index (χ1) is 10.1. The minimum atomic E-state index is -0.979. The predicted octanol–water partition coefficient (Wildman–Crippen LogP) is 3.04. The van der Waals surface area contributed by atoms with Crippen molar-refractivity contribution in [2.45, 2.75) is 0 Å². The molecule has 0 spiro atoms. The molecular weight excluding hydrogens is 270 g/mol. The number of carboxylic acid groups (broad SMARTS) is 1. The van der Waals surface area contributed by atoms with Gasteiger partial charge in [-0.3, -0.25) is 0 Å². The summed E-state index contributed by atoms with van der Waals surface area (Å²) in [5.41, 5.74) is 1.47. The highest BCUT2D eigenvalue weighted by atomic mass is 16.5. The highest BCUT2D eigenvalue weighted by Gasteiger charge is 2.14. The van der Waals surface area contributed by atoms with E-state index in [1.54, 1.807) is 53.2 Å². The zero-order chi connectivity index (χ0) is 15.0. The second-order valence-corrected chi connectivity index (χ2v) is 4.56. The number of benzene rings is 2. The molecule has 3 rings (SSSR count). The summed E-state index contributed by atoms with van der Waals surface area (Å²) < 4.78 is 6.84. The van der Waals surface area contributed by atoms with Gasteiger partial charge in [0.25, 0.3) is 0 Å². The summed E-state index contributed by atoms with van der Waals surface area (Å²) in [5, 5.41) is 20.1. The maximum Gasteiger partial charge on any atom is 0.336 e. The molecule has 0 bridgehead atoms. The molecule has 0 unspecified atom stereocenters. The molecule has 5 heteroatoms. The average Bonchev–Trinajstić information content (AvgIpc) is 2.91. The van der Waals surface area contributed by atoms with Gasteiger partial charge in [0, 0.05) is 11.6 Å². The van der Waals surface area contributed by atoms with Crippen molar-refractivity contribution in [2.75, 3.05) is 7.11 Å². The van der Waals surface area contributed by atoms with Gasteiger partial charge < -0.3 is 19.5 Å². The van der Waals surface area contributed by atoms with Crippen molar-refractivity contribution < 1.29 is 19.7 Å². The summed E-state index contributed by atoms with van der Waals surface area (Å²) >= 11 is 0. The van der Waals surface area contributed by atoms with Crippen molar-refractivity contribution in [2.24, 2.45) is 0 Å². The van der Waals surface area contributed by atoms with Crippen molar-refractivity contribution >= 4 is 16.9 Å². The first kappa shape index (κ1) is 13.1. The molecule has 0 amide bonds. The van der Waals surface area contributed by atoms with E-state index in [1.807, 2.05) is 0 Å². The van der Waals surface area contributed by atoms with Crippen LogP contribution in [0.3, 0.4) is 0 Å². The number of aromatic nitrogens is 1. The number of methoxy groups -OCH3 is 1. The van der Waals surface area contributed by atoms with Crippen LogP contribution in [0, 0.1) is 0 Å². The minimum absolute atomic E-state index is 0.0122. The molecule has 1 aromatic heterocycles. The molecular formula is C16H13NO4. The summed E-state index contributed by atoms with van der Waals surface area (Å²) in [7, 11) is 1.48. The fraction of sp³-hybridized carbons (Fsp3) is 0.0625. The van der Waals surface area contributed by atoms with Crippen LogP contribution in [-0.4, -0.2) is 27.9 Å². The third-order valence-corrected chi connectivity index (χ3v) is 3.42. The van der Waals surface area contributed by atoms with E-state index in [1.165, 1.54) is 7.11 Å². The zero-order valence-corrected chi connectivity index (χ0v) is 11.3. The van der Waals surface area contributed by atoms with Gasteiger partial charge in [0.15, 0.2) is 11.5 Å². The second-order valence-electron chi connectivity index (χ2n) is 4.56. The molecule has 0 aliphatic carbocycles. The number of hydrogen-bond donors (Lipinski definition) is 2. The Labute approximate surface area is 120 Å². The Hall–Kier alpha value is -2.95. The number of phenols is 1. The number of fused-ring (bicyclic) bond motifs is 1. The predicted molar refractivity (Wildman–Crippen MR) is 78.5 cm³/mol. The van der Waals surface area contributed by atoms with Gasteiger partial charge >= 0.3 is 5.97 Å². The quantitative estimate of drug-likeness (QED) is 0.775. The van der Waals surface area contributed by atoms with Gasteiger partial charge in [0.05, 0.1) is 23.9 Å². The molecule has 0 aliphatic heterocycles. The van der Waals surface area contributed by atoms with E-state index in [-0.39, 0.29) is 11.3 Å². The lowest BCUT2D eigenvalue weighted by Gasteiger charge is -2.11. The number of carbonyl (C=O) groups is 1. The summed E-state index contributed by atoms with van der Waals surface area (Å²) in [6, 6.07) is 11.9. The molecule has 21 heavy (non-hydrogen) atoms. The number of rotatable bonds is 3. The first-order valence-corrected chi connectivity index (χ1v) is 6.33. The summed E-state index contributed by atoms with van der Waals surface area (Å²) in [4.78, 5) is 11.2. The molecule has 0 aliphatic rings. The Kier molecular flexibility index (Phi) is 3.02. The molecule has 0 saturated heterocycles. The van der Waals surface area contributed by atoms with Crippen LogP contribution in [0.2, 0.25) is 0 Å². The Morgan fingerprint density at radius 2 is 1.90 bits per heavy atom. The number of carboxylic acids is 1. The zero-order valence-electron chi connectivity index (χ0n) is 11.3. The van der Waals surface area contributed by atoms with E-state index in [0.717, 1.165) is 0 Å². The van der Waals surface area contributed by atoms with Crippen molar-refractivity contribution in [3.8, 4) is 17.2 Å². The number of ether oxygens (including phenoxy) is 1. The molecule has 3 aromatic rings. The van der Waals surface area contributed by atoms with Crippen molar-refractivity contribution in [1.82, 2.24) is 4.57 Å². The van der Waals surface area contributed by atoms with Gasteiger partial charge in [-0.05, 0) is 30.3 Å². The van der Waals surface area contributed by atoms with Gasteiger partial charge in [0.1, 0.15) is 0 Å². The van der Waals surface area contributed by atoms with Crippen molar-refractivity contribution in [1.29, 1.82) is 0 Å². The Bertz CT molecular complexity index is 835. The fourth-order valence-electron chi connectivity index (χ4n) is 2.43. The SMILES string of the molecule is COc1cccc(-n2ccc3c(C(=O)O)cccc32)c1O. The molecule has 1 heterocycles. The molecule has 0 fully saturated rings. The maximum absolute atomic E-state index is 11.2. The molecule has 2 aromatic carbocycles. The molecule has 0 saturated carbocycles. The molecule has 5 nitrogen and oxygen atoms in total. The number of nitrogens with zero attached hydrogens (tertiary/aromatic N) is 1. The van der Waals surface area contributed by atoms with E-state index in [9.17, 15) is 15.0 Å². The number of phenolic OH excluding ortho intramolecular Hbond substituents is 1. The Balaban J connectivity index is 2.28. The van der Waals surface area contributed by atoms with E-state index in [2.05, 4.69) is 0 Å². The first-order valence-electron chi connectivity index (χ1n) is 6.33. The number of hydrogen-bond acceptors (Lipinski definition) is 3. The summed E-state index contributed by atoms with van der Waals surface area (Å²) in [6.45, 7) is 0. The normalized spacial score (nSPS) is 10.7. The lowest BCUT2D eigenvalue weighted by molar-refractivity contribution is 0.0699. The molecule has 0 atom stereocenters. The van der Waals surface area contributed by atoms with Crippen LogP contribution in [0.1, 0.15) is 10.4 Å². The summed E-state index contributed by atoms with van der Waals surface area (Å²) in [6.07, 6.45) is 1.73. The van der Waals surface area contributed by atoms with Crippen LogP contribution in [-0.2, 0) is 0 Å². The largest absolute Gasteiger partial charge is 0.503 e. The van der Waals surface area contributed by atoms with Gasteiger partial charge in [-0.1, -0.05) is 12.1 Å². The van der Waals surface area contributed by atoms with E-state index in [4.69, 9.17) is 4.74 Å². The lowest BCUT2D eigenvalue weighted by atomic mass is 10.1. The number of para-hydroxylation sites is 1. The van der Waals surface area contributed by atoms with Crippen molar-refractivity contribution in [3.63, 3.8) is 0 Å². The third-order valence-electron chi connectivity index (χ3n) is 3.42. The van der Waals surface area contributed by atoms with Gasteiger partial charge in [-0.25, -0.2) is 4.79 Å². The molecule has 106 valence electrons. The molecule has 0 radical (unpaired) electrons. The number of aromatic carboxylic acids is 1. The van der Waals surface area contributed by atoms with Gasteiger partial charge in [0.2, 0.25) is 0 Å². The summed E-state index contributed by atoms with van der Waals surface area (Å²) in [5.74, 6) is -0.602. The highest BCUT2D eigenvalue weighted by molar-refractivity contribution is 6.03. The number of aromatic hydroxyl groups is 1. The minimum Gasteiger partial charge on any atom is -0.503 e. The van der Waals surface area contributed by atoms with E-state index < -0.39 is 5.97 Å². The monoisotopic (exact) mass is 283 g/mol. The standard InChI is InChI=1S/C16H13NO4/c1-21-14-7-3-6-13(15(14)18)17-9-8-10-11(16(19)20)4-2-5-12(10)17/h2-9,18H,1H3,(H,19,20). The highest BCUT2D eigenvalue weighted by Crippen LogP contribution is 2.34. The van der Waals surface area contributed by atoms with Crippen LogP contribution < -0.4 is 4.74 Å². The van der Waals surface area contributed by atoms with Crippen molar-refractivity contribution in [3.05, 3.63) is 54.2 Å². The average molecular weight is 283 g/mol. The van der Waals surface area contributed by atoms with Crippen LogP contribution in [0.5, 0.6) is 11.5 Å². The topological polar surface area (TPSA) is 71.7 Å². The van der Waals surface area contributed by atoms with E-state index in [0.29, 0.717) is 22.3 Å². The van der Waals surface area contributed by atoms with Gasteiger partial charge in [-0.15, -0.1) is 0 Å². The Morgan fingerprint density at radius 1 is 1.14 bits per heavy atom. The third kappa shape index (κ3) is 1.99. The van der Waals surface area contributed by atoms with Crippen LogP contribution >= 0.6 is 0 Å². The maximum atomic E-state index is 11.2. The Morgan fingerprint density at radius 3 is 2.62 bits per heavy atom. The van der Waals surface area contributed by atoms with Gasteiger partial charge in [-0.2, -0.15) is 0 Å². The molecule has 2 N–H and O–H groups in total. The smallest absolute Gasteiger partial charge is 0.336 e. The second kappa shape index (κ2) is 4.86. The van der Waals surface area contributed by atoms with Crippen LogP contribution in [0.4, 0.5) is 0 Å². The fourth-order valence-corrected chi connectivity index (χ4v) is 2.43.